The van der Waals surface area contributed by atoms with Gasteiger partial charge in [0.25, 0.3) is 0 Å². The molecule has 4 aromatic rings. The smallest absolute Gasteiger partial charge is 0.250 e. The van der Waals surface area contributed by atoms with Gasteiger partial charge < -0.3 is 14.6 Å². The van der Waals surface area contributed by atoms with E-state index in [4.69, 9.17) is 26.0 Å². The fourth-order valence-corrected chi connectivity index (χ4v) is 3.49. The molecular formula is C22H24ClN5O. The van der Waals surface area contributed by atoms with Crippen LogP contribution in [0.3, 0.4) is 0 Å². The molecule has 0 aliphatic carbocycles. The number of nitrogens with one attached hydrogen (secondary N) is 1. The highest BCUT2D eigenvalue weighted by Crippen LogP contribution is 2.30. The molecule has 2 aromatic carbocycles. The minimum Gasteiger partial charge on any atom is -0.435 e. The van der Waals surface area contributed by atoms with Crippen LogP contribution in [0.1, 0.15) is 20.3 Å². The number of halogens is 1. The van der Waals surface area contributed by atoms with Gasteiger partial charge in [0.1, 0.15) is 5.52 Å². The molecule has 0 bridgehead atoms. The molecule has 0 unspecified atom stereocenters. The Balaban J connectivity index is 1.66. The number of hydrogen-bond donors (Lipinski definition) is 1. The third kappa shape index (κ3) is 4.33. The maximum Gasteiger partial charge on any atom is 0.250 e. The second kappa shape index (κ2) is 8.76. The minimum atomic E-state index is 0.437. The van der Waals surface area contributed by atoms with E-state index in [0.717, 1.165) is 43.6 Å². The Hall–Kier alpha value is -2.70. The number of benzene rings is 2. The number of hydrogen-bond acceptors (Lipinski definition) is 6. The standard InChI is InChI=1S/C22H24ClN5O/c1-3-28(4-2)13-7-12-24-21-20(25-16-8-5-6-9-17(16)26-21)22-27-18-14-15(23)10-11-19(18)29-22/h5-6,8-11,14H,3-4,7,12-13H2,1-2H3,(H,24,26). The highest BCUT2D eigenvalue weighted by Gasteiger charge is 2.17. The van der Waals surface area contributed by atoms with E-state index in [2.05, 4.69) is 29.0 Å². The van der Waals surface area contributed by atoms with Crippen molar-refractivity contribution in [1.82, 2.24) is 19.9 Å². The zero-order chi connectivity index (χ0) is 20.2. The van der Waals surface area contributed by atoms with Crippen LogP contribution < -0.4 is 5.32 Å². The second-order valence-corrected chi connectivity index (χ2v) is 7.28. The van der Waals surface area contributed by atoms with Crippen molar-refractivity contribution in [2.24, 2.45) is 0 Å². The van der Waals surface area contributed by atoms with Crippen LogP contribution in [0.25, 0.3) is 33.7 Å². The van der Waals surface area contributed by atoms with E-state index in [0.29, 0.717) is 33.5 Å². The van der Waals surface area contributed by atoms with E-state index in [9.17, 15) is 0 Å². The fourth-order valence-electron chi connectivity index (χ4n) is 3.32. The molecule has 0 saturated carbocycles. The van der Waals surface area contributed by atoms with E-state index in [1.54, 1.807) is 12.1 Å². The Bertz CT molecular complexity index is 1120. The molecule has 4 rings (SSSR count). The fraction of sp³-hybridized carbons (Fsp3) is 0.318. The molecule has 6 nitrogen and oxygen atoms in total. The maximum atomic E-state index is 6.09. The molecule has 0 radical (unpaired) electrons. The molecule has 0 fully saturated rings. The summed E-state index contributed by atoms with van der Waals surface area (Å²) in [6.07, 6.45) is 1.01. The summed E-state index contributed by atoms with van der Waals surface area (Å²) in [6.45, 7) is 8.32. The van der Waals surface area contributed by atoms with Gasteiger partial charge in [0.2, 0.25) is 5.89 Å². The normalized spacial score (nSPS) is 11.6. The number of nitrogens with zero attached hydrogens (tertiary/aromatic N) is 4. The summed E-state index contributed by atoms with van der Waals surface area (Å²) >= 11 is 6.09. The molecule has 29 heavy (non-hydrogen) atoms. The summed E-state index contributed by atoms with van der Waals surface area (Å²) in [5, 5.41) is 4.06. The van der Waals surface area contributed by atoms with Crippen LogP contribution in [0.2, 0.25) is 5.02 Å². The SMILES string of the molecule is CCN(CC)CCCNc1nc2ccccc2nc1-c1nc2cc(Cl)ccc2o1. The Morgan fingerprint density at radius 1 is 0.966 bits per heavy atom. The van der Waals surface area contributed by atoms with Gasteiger partial charge in [0.05, 0.1) is 11.0 Å². The largest absolute Gasteiger partial charge is 0.435 e. The van der Waals surface area contributed by atoms with Gasteiger partial charge in [-0.3, -0.25) is 0 Å². The first-order chi connectivity index (χ1) is 14.2. The molecule has 2 aromatic heterocycles. The Morgan fingerprint density at radius 3 is 2.48 bits per heavy atom. The number of anilines is 1. The first-order valence-corrected chi connectivity index (χ1v) is 10.3. The molecular weight excluding hydrogens is 386 g/mol. The second-order valence-electron chi connectivity index (χ2n) is 6.85. The molecule has 2 heterocycles. The van der Waals surface area contributed by atoms with Gasteiger partial charge in [-0.1, -0.05) is 37.6 Å². The molecule has 0 aliphatic rings. The van der Waals surface area contributed by atoms with Crippen LogP contribution in [0.15, 0.2) is 46.9 Å². The number of fused-ring (bicyclic) bond motifs is 2. The van der Waals surface area contributed by atoms with Crippen LogP contribution in [0.4, 0.5) is 5.82 Å². The summed E-state index contributed by atoms with van der Waals surface area (Å²) in [5.41, 5.74) is 3.62. The van der Waals surface area contributed by atoms with E-state index >= 15 is 0 Å². The molecule has 0 atom stereocenters. The van der Waals surface area contributed by atoms with Crippen molar-refractivity contribution in [1.29, 1.82) is 0 Å². The lowest BCUT2D eigenvalue weighted by atomic mass is 10.2. The minimum absolute atomic E-state index is 0.437. The molecule has 0 saturated heterocycles. The van der Waals surface area contributed by atoms with Gasteiger partial charge in [0, 0.05) is 11.6 Å². The highest BCUT2D eigenvalue weighted by molar-refractivity contribution is 6.31. The van der Waals surface area contributed by atoms with Crippen LogP contribution in [0.5, 0.6) is 0 Å². The van der Waals surface area contributed by atoms with E-state index in [1.165, 1.54) is 0 Å². The lowest BCUT2D eigenvalue weighted by Gasteiger charge is -2.18. The van der Waals surface area contributed by atoms with Crippen molar-refractivity contribution >= 4 is 39.6 Å². The first kappa shape index (κ1) is 19.6. The molecule has 1 N–H and O–H groups in total. The molecule has 0 amide bonds. The van der Waals surface area contributed by atoms with Gasteiger partial charge in [-0.15, -0.1) is 0 Å². The van der Waals surface area contributed by atoms with Gasteiger partial charge >= 0.3 is 0 Å². The molecule has 0 spiro atoms. The maximum absolute atomic E-state index is 6.09. The van der Waals surface area contributed by atoms with Gasteiger partial charge in [-0.25, -0.2) is 15.0 Å². The van der Waals surface area contributed by atoms with Crippen molar-refractivity contribution in [2.45, 2.75) is 20.3 Å². The van der Waals surface area contributed by atoms with Gasteiger partial charge in [0.15, 0.2) is 17.1 Å². The quantitative estimate of drug-likeness (QED) is 0.401. The van der Waals surface area contributed by atoms with Crippen molar-refractivity contribution in [3.63, 3.8) is 0 Å². The summed E-state index contributed by atoms with van der Waals surface area (Å²) in [5.74, 6) is 1.12. The Kier molecular flexibility index (Phi) is 5.92. The number of rotatable bonds is 8. The predicted molar refractivity (Wildman–Crippen MR) is 118 cm³/mol. The zero-order valence-electron chi connectivity index (χ0n) is 16.7. The van der Waals surface area contributed by atoms with Crippen molar-refractivity contribution in [3.05, 3.63) is 47.5 Å². The van der Waals surface area contributed by atoms with Crippen molar-refractivity contribution < 1.29 is 4.42 Å². The third-order valence-corrected chi connectivity index (χ3v) is 5.20. The Morgan fingerprint density at radius 2 is 1.72 bits per heavy atom. The number of para-hydroxylation sites is 2. The lowest BCUT2D eigenvalue weighted by Crippen LogP contribution is -2.25. The van der Waals surface area contributed by atoms with Gasteiger partial charge in [-0.2, -0.15) is 0 Å². The predicted octanol–water partition coefficient (Wildman–Crippen LogP) is 5.24. The topological polar surface area (TPSA) is 67.1 Å². The van der Waals surface area contributed by atoms with Crippen LogP contribution >= 0.6 is 11.6 Å². The monoisotopic (exact) mass is 409 g/mol. The van der Waals surface area contributed by atoms with Crippen molar-refractivity contribution in [2.75, 3.05) is 31.5 Å². The van der Waals surface area contributed by atoms with E-state index in [-0.39, 0.29) is 0 Å². The van der Waals surface area contributed by atoms with Crippen LogP contribution in [0, 0.1) is 0 Å². The number of oxazole rings is 1. The van der Waals surface area contributed by atoms with E-state index in [1.807, 2.05) is 30.3 Å². The third-order valence-electron chi connectivity index (χ3n) is 4.96. The number of aromatic nitrogens is 3. The lowest BCUT2D eigenvalue weighted by molar-refractivity contribution is 0.303. The molecule has 0 aliphatic heterocycles. The summed E-state index contributed by atoms with van der Waals surface area (Å²) in [4.78, 5) is 16.6. The van der Waals surface area contributed by atoms with Gasteiger partial charge in [-0.05, 0) is 56.4 Å². The average Bonchev–Trinajstić information content (AvgIpc) is 3.16. The Labute approximate surface area is 174 Å². The zero-order valence-corrected chi connectivity index (χ0v) is 17.4. The van der Waals surface area contributed by atoms with Crippen LogP contribution in [-0.4, -0.2) is 46.0 Å². The average molecular weight is 410 g/mol. The van der Waals surface area contributed by atoms with Crippen molar-refractivity contribution in [3.8, 4) is 11.6 Å². The van der Waals surface area contributed by atoms with E-state index < -0.39 is 0 Å². The molecule has 7 heteroatoms. The first-order valence-electron chi connectivity index (χ1n) is 9.97. The summed E-state index contributed by atoms with van der Waals surface area (Å²) < 4.78 is 5.96. The summed E-state index contributed by atoms with van der Waals surface area (Å²) in [7, 11) is 0. The van der Waals surface area contributed by atoms with Crippen LogP contribution in [-0.2, 0) is 0 Å². The molecule has 150 valence electrons. The highest BCUT2D eigenvalue weighted by atomic mass is 35.5. The summed E-state index contributed by atoms with van der Waals surface area (Å²) in [6, 6.07) is 13.2.